The second-order valence-corrected chi connectivity index (χ2v) is 7.31. The van der Waals surface area contributed by atoms with Crippen molar-refractivity contribution in [2.45, 2.75) is 64.6 Å². The van der Waals surface area contributed by atoms with Crippen LogP contribution in [0.4, 0.5) is 4.79 Å². The number of benzene rings is 1. The van der Waals surface area contributed by atoms with Crippen molar-refractivity contribution in [2.24, 2.45) is 0 Å². The van der Waals surface area contributed by atoms with Crippen molar-refractivity contribution in [3.05, 3.63) is 48.0 Å². The molecule has 1 aliphatic rings. The summed E-state index contributed by atoms with van der Waals surface area (Å²) in [4.78, 5) is 24.0. The third kappa shape index (κ3) is 8.66. The van der Waals surface area contributed by atoms with E-state index in [1.54, 1.807) is 0 Å². The molecule has 1 aromatic rings. The molecule has 29 heavy (non-hydrogen) atoms. The number of allylic oxidation sites excluding steroid dienone is 1. The molecule has 1 aliphatic heterocycles. The lowest BCUT2D eigenvalue weighted by Crippen LogP contribution is -2.37. The van der Waals surface area contributed by atoms with Crippen LogP contribution in [0.15, 0.2) is 42.5 Å². The highest BCUT2D eigenvalue weighted by Crippen LogP contribution is 2.26. The molecule has 1 amide bonds. The van der Waals surface area contributed by atoms with Gasteiger partial charge in [-0.05, 0) is 31.9 Å². The monoisotopic (exact) mass is 405 g/mol. The van der Waals surface area contributed by atoms with Gasteiger partial charge in [-0.25, -0.2) is 4.79 Å². The summed E-state index contributed by atoms with van der Waals surface area (Å²) in [6.07, 6.45) is 5.20. The van der Waals surface area contributed by atoms with Gasteiger partial charge in [-0.1, -0.05) is 56.2 Å². The highest BCUT2D eigenvalue weighted by molar-refractivity contribution is 5.78. The molecule has 0 saturated carbocycles. The quantitative estimate of drug-likeness (QED) is 0.363. The van der Waals surface area contributed by atoms with Crippen LogP contribution in [0.3, 0.4) is 0 Å². The van der Waals surface area contributed by atoms with E-state index in [4.69, 9.17) is 18.9 Å². The Kier molecular flexibility index (Phi) is 9.15. The van der Waals surface area contributed by atoms with Crippen LogP contribution in [0.25, 0.3) is 0 Å². The van der Waals surface area contributed by atoms with Crippen molar-refractivity contribution < 1.29 is 28.5 Å². The maximum absolute atomic E-state index is 12.2. The summed E-state index contributed by atoms with van der Waals surface area (Å²) in [5.41, 5.74) is 0.864. The highest BCUT2D eigenvalue weighted by Gasteiger charge is 2.38. The van der Waals surface area contributed by atoms with Crippen LogP contribution in [-0.4, -0.2) is 43.2 Å². The summed E-state index contributed by atoms with van der Waals surface area (Å²) in [5, 5.41) is 2.41. The lowest BCUT2D eigenvalue weighted by atomic mass is 10.1. The topological polar surface area (TPSA) is 83.1 Å². The van der Waals surface area contributed by atoms with E-state index in [1.165, 1.54) is 0 Å². The Balaban J connectivity index is 1.80. The van der Waals surface area contributed by atoms with Crippen molar-refractivity contribution in [1.82, 2.24) is 5.32 Å². The van der Waals surface area contributed by atoms with Crippen LogP contribution in [0.2, 0.25) is 0 Å². The first-order valence-corrected chi connectivity index (χ1v) is 10.0. The predicted octanol–water partition coefficient (Wildman–Crippen LogP) is 3.72. The number of nitrogens with one attached hydrogen (secondary N) is 1. The molecule has 7 heteroatoms. The van der Waals surface area contributed by atoms with Gasteiger partial charge >= 0.3 is 12.1 Å². The zero-order valence-corrected chi connectivity index (χ0v) is 17.4. The molecule has 2 atom stereocenters. The Hall–Kier alpha value is -2.38. The van der Waals surface area contributed by atoms with Crippen molar-refractivity contribution in [3.63, 3.8) is 0 Å². The van der Waals surface area contributed by atoms with Gasteiger partial charge in [0, 0.05) is 0 Å². The summed E-state index contributed by atoms with van der Waals surface area (Å²) >= 11 is 0. The maximum atomic E-state index is 12.2. The Morgan fingerprint density at radius 3 is 2.72 bits per heavy atom. The lowest BCUT2D eigenvalue weighted by Gasteiger charge is -2.22. The summed E-state index contributed by atoms with van der Waals surface area (Å²) in [7, 11) is 0. The molecule has 0 aliphatic carbocycles. The van der Waals surface area contributed by atoms with Crippen molar-refractivity contribution >= 4 is 12.1 Å². The predicted molar refractivity (Wildman–Crippen MR) is 108 cm³/mol. The zero-order chi connectivity index (χ0) is 21.1. The number of alkyl carbamates (subject to hydrolysis) is 1. The fourth-order valence-corrected chi connectivity index (χ4v) is 2.78. The number of ether oxygens (including phenoxy) is 4. The first kappa shape index (κ1) is 22.9. The number of hydrogen-bond acceptors (Lipinski definition) is 6. The van der Waals surface area contributed by atoms with Gasteiger partial charge in [0.25, 0.3) is 0 Å². The fraction of sp³-hybridized carbons (Fsp3) is 0.545. The van der Waals surface area contributed by atoms with E-state index < -0.39 is 30.1 Å². The largest absolute Gasteiger partial charge is 0.454 e. The minimum Gasteiger partial charge on any atom is -0.454 e. The first-order valence-electron chi connectivity index (χ1n) is 10.0. The van der Waals surface area contributed by atoms with Crippen LogP contribution in [-0.2, 0) is 30.3 Å². The number of esters is 1. The minimum absolute atomic E-state index is 0.132. The molecule has 0 bridgehead atoms. The van der Waals surface area contributed by atoms with Gasteiger partial charge in [0.05, 0.1) is 6.61 Å². The van der Waals surface area contributed by atoms with Crippen molar-refractivity contribution in [2.75, 3.05) is 13.2 Å². The molecule has 0 unspecified atom stereocenters. The number of carbonyl (C=O) groups is 2. The Bertz CT molecular complexity index is 673. The summed E-state index contributed by atoms with van der Waals surface area (Å²) in [5.74, 6) is -1.29. The van der Waals surface area contributed by atoms with Crippen molar-refractivity contribution in [3.8, 4) is 0 Å². The van der Waals surface area contributed by atoms with E-state index in [-0.39, 0.29) is 13.2 Å². The molecule has 1 N–H and O–H groups in total. The van der Waals surface area contributed by atoms with E-state index in [0.717, 1.165) is 24.8 Å². The number of amides is 1. The smallest absolute Gasteiger partial charge is 0.407 e. The average Bonchev–Trinajstić information content (AvgIpc) is 3.07. The van der Waals surface area contributed by atoms with Crippen LogP contribution in [0, 0.1) is 0 Å². The van der Waals surface area contributed by atoms with E-state index in [2.05, 4.69) is 12.2 Å². The molecule has 0 spiro atoms. The number of rotatable bonds is 10. The van der Waals surface area contributed by atoms with E-state index >= 15 is 0 Å². The van der Waals surface area contributed by atoms with Crippen LogP contribution in [0.5, 0.6) is 0 Å². The van der Waals surface area contributed by atoms with Crippen LogP contribution < -0.4 is 5.32 Å². The first-order chi connectivity index (χ1) is 13.9. The molecule has 2 rings (SSSR count). The Morgan fingerprint density at radius 1 is 1.31 bits per heavy atom. The van der Waals surface area contributed by atoms with E-state index in [0.29, 0.717) is 6.61 Å². The van der Waals surface area contributed by atoms with Gasteiger partial charge in [-0.2, -0.15) is 0 Å². The molecule has 0 aromatic heterocycles. The summed E-state index contributed by atoms with van der Waals surface area (Å²) in [6, 6.07) is 9.30. The lowest BCUT2D eigenvalue weighted by molar-refractivity contribution is -0.165. The second-order valence-electron chi connectivity index (χ2n) is 7.31. The van der Waals surface area contributed by atoms with Gasteiger partial charge < -0.3 is 24.3 Å². The molecular weight excluding hydrogens is 374 g/mol. The third-order valence-corrected chi connectivity index (χ3v) is 4.30. The standard InChI is InChI=1S/C22H31NO6/c1-4-5-6-10-13-18(19-16-27-22(2,3)29-19)28-20(24)14-23-21(25)26-15-17-11-8-7-9-12-17/h7-13,18-19H,4-6,14-16H2,1-3H3,(H,23,25)/b13-10+/t18-,19+/m0/s1. The van der Waals surface area contributed by atoms with E-state index in [1.807, 2.05) is 56.3 Å². The molecule has 7 nitrogen and oxygen atoms in total. The van der Waals surface area contributed by atoms with Gasteiger partial charge in [0.15, 0.2) is 5.79 Å². The zero-order valence-electron chi connectivity index (χ0n) is 17.4. The fourth-order valence-electron chi connectivity index (χ4n) is 2.78. The molecule has 1 heterocycles. The van der Waals surface area contributed by atoms with Gasteiger partial charge in [-0.3, -0.25) is 4.79 Å². The highest BCUT2D eigenvalue weighted by atomic mass is 16.8. The second kappa shape index (κ2) is 11.6. The SMILES string of the molecule is CCCC/C=C/[C@H](OC(=O)CNC(=O)OCc1ccccc1)[C@H]1COC(C)(C)O1. The van der Waals surface area contributed by atoms with Crippen LogP contribution in [0.1, 0.15) is 45.6 Å². The van der Waals surface area contributed by atoms with Gasteiger partial charge in [0.2, 0.25) is 0 Å². The van der Waals surface area contributed by atoms with Crippen molar-refractivity contribution in [1.29, 1.82) is 0 Å². The Morgan fingerprint density at radius 2 is 2.07 bits per heavy atom. The molecular formula is C22H31NO6. The summed E-state index contributed by atoms with van der Waals surface area (Å²) in [6.45, 7) is 5.92. The average molecular weight is 405 g/mol. The molecule has 1 aromatic carbocycles. The molecule has 1 fully saturated rings. The number of hydrogen-bond donors (Lipinski definition) is 1. The van der Waals surface area contributed by atoms with E-state index in [9.17, 15) is 9.59 Å². The normalized spacial score (nSPS) is 19.1. The minimum atomic E-state index is -0.716. The Labute approximate surface area is 172 Å². The van der Waals surface area contributed by atoms with Crippen LogP contribution >= 0.6 is 0 Å². The number of unbranched alkanes of at least 4 members (excludes halogenated alkanes) is 2. The molecule has 1 saturated heterocycles. The number of carbonyl (C=O) groups excluding carboxylic acids is 2. The van der Waals surface area contributed by atoms with Gasteiger partial charge in [0.1, 0.15) is 25.4 Å². The third-order valence-electron chi connectivity index (χ3n) is 4.30. The van der Waals surface area contributed by atoms with Gasteiger partial charge in [-0.15, -0.1) is 0 Å². The maximum Gasteiger partial charge on any atom is 0.407 e. The summed E-state index contributed by atoms with van der Waals surface area (Å²) < 4.78 is 22.0. The molecule has 0 radical (unpaired) electrons. The molecule has 160 valence electrons.